The molecule has 3 aromatic rings. The summed E-state index contributed by atoms with van der Waals surface area (Å²) in [5, 5.41) is 2.94. The van der Waals surface area contributed by atoms with Crippen molar-refractivity contribution in [2.75, 3.05) is 13.6 Å². The molecule has 2 N–H and O–H groups in total. The molecule has 29 heavy (non-hydrogen) atoms. The number of aromatic nitrogens is 2. The van der Waals surface area contributed by atoms with Crippen molar-refractivity contribution in [3.63, 3.8) is 0 Å². The lowest BCUT2D eigenvalue weighted by atomic mass is 9.98. The number of aromatic amines is 1. The molecule has 0 spiro atoms. The third kappa shape index (κ3) is 4.80. The van der Waals surface area contributed by atoms with Gasteiger partial charge in [-0.3, -0.25) is 4.79 Å². The number of likely N-dealkylation sites (N-methyl/N-ethyl adjacent to an activating group) is 1. The fourth-order valence-corrected chi connectivity index (χ4v) is 5.75. The molecule has 3 rings (SSSR count). The van der Waals surface area contributed by atoms with Crippen molar-refractivity contribution in [3.05, 3.63) is 46.6 Å². The van der Waals surface area contributed by atoms with Crippen molar-refractivity contribution in [3.8, 4) is 0 Å². The number of sulfonamides is 1. The van der Waals surface area contributed by atoms with Crippen molar-refractivity contribution in [1.29, 1.82) is 0 Å². The predicted octanol–water partition coefficient (Wildman–Crippen LogP) is 3.80. The van der Waals surface area contributed by atoms with E-state index in [1.807, 2.05) is 38.1 Å². The van der Waals surface area contributed by atoms with Gasteiger partial charge in [0.2, 0.25) is 5.91 Å². The van der Waals surface area contributed by atoms with E-state index >= 15 is 0 Å². The minimum atomic E-state index is -3.78. The lowest BCUT2D eigenvalue weighted by Crippen LogP contribution is -2.41. The van der Waals surface area contributed by atoms with Crippen molar-refractivity contribution in [2.24, 2.45) is 5.92 Å². The van der Waals surface area contributed by atoms with E-state index in [1.54, 1.807) is 0 Å². The molecule has 156 valence electrons. The number of carbonyl (C=O) groups is 1. The van der Waals surface area contributed by atoms with E-state index in [9.17, 15) is 13.2 Å². The van der Waals surface area contributed by atoms with Gasteiger partial charge < -0.3 is 10.3 Å². The van der Waals surface area contributed by atoms with Crippen molar-refractivity contribution in [1.82, 2.24) is 19.6 Å². The van der Waals surface area contributed by atoms with E-state index in [0.29, 0.717) is 10.2 Å². The number of hydrogen-bond donors (Lipinski definition) is 2. The molecule has 2 unspecified atom stereocenters. The zero-order valence-electron chi connectivity index (χ0n) is 16.3. The third-order valence-electron chi connectivity index (χ3n) is 4.81. The lowest BCUT2D eigenvalue weighted by Gasteiger charge is -2.24. The number of hydrogen-bond acceptors (Lipinski definition) is 5. The number of nitrogens with one attached hydrogen (secondary N) is 2. The Kier molecular flexibility index (Phi) is 6.62. The van der Waals surface area contributed by atoms with Gasteiger partial charge in [-0.15, -0.1) is 11.3 Å². The molecule has 0 radical (unpaired) electrons. The maximum atomic E-state index is 12.7. The second kappa shape index (κ2) is 8.83. The summed E-state index contributed by atoms with van der Waals surface area (Å²) in [7, 11) is -2.40. The van der Waals surface area contributed by atoms with E-state index in [4.69, 9.17) is 11.6 Å². The van der Waals surface area contributed by atoms with Crippen molar-refractivity contribution in [2.45, 2.75) is 30.5 Å². The van der Waals surface area contributed by atoms with Crippen LogP contribution in [0.1, 0.15) is 32.1 Å². The van der Waals surface area contributed by atoms with Crippen LogP contribution in [0.25, 0.3) is 11.0 Å². The smallest absolute Gasteiger partial charge is 0.252 e. The first-order chi connectivity index (χ1) is 13.7. The molecule has 0 fully saturated rings. The predicted molar refractivity (Wildman–Crippen MR) is 116 cm³/mol. The van der Waals surface area contributed by atoms with Crippen LogP contribution in [0.15, 0.2) is 40.6 Å². The largest absolute Gasteiger partial charge is 0.345 e. The van der Waals surface area contributed by atoms with Crippen LogP contribution in [0.5, 0.6) is 0 Å². The van der Waals surface area contributed by atoms with E-state index in [-0.39, 0.29) is 22.7 Å². The van der Waals surface area contributed by atoms with Gasteiger partial charge in [0.25, 0.3) is 10.0 Å². The summed E-state index contributed by atoms with van der Waals surface area (Å²) in [5.74, 6) is 0.367. The molecular weight excluding hydrogens is 432 g/mol. The number of nitrogens with zero attached hydrogens (tertiary/aromatic N) is 2. The van der Waals surface area contributed by atoms with Gasteiger partial charge in [-0.2, -0.15) is 4.31 Å². The van der Waals surface area contributed by atoms with Gasteiger partial charge >= 0.3 is 0 Å². The Morgan fingerprint density at radius 2 is 2.03 bits per heavy atom. The molecule has 0 saturated heterocycles. The maximum Gasteiger partial charge on any atom is 0.252 e. The average molecular weight is 455 g/mol. The van der Waals surface area contributed by atoms with Gasteiger partial charge in [-0.05, 0) is 30.2 Å². The third-order valence-corrected chi connectivity index (χ3v) is 8.31. The van der Waals surface area contributed by atoms with Crippen LogP contribution in [-0.2, 0) is 14.8 Å². The Labute approximate surface area is 179 Å². The Morgan fingerprint density at radius 3 is 2.66 bits per heavy atom. The first kappa shape index (κ1) is 21.8. The molecule has 2 atom stereocenters. The monoisotopic (exact) mass is 454 g/mol. The number of imidazole rings is 1. The number of benzene rings is 1. The Hall–Kier alpha value is -1.94. The second-order valence-electron chi connectivity index (χ2n) is 6.89. The number of para-hydroxylation sites is 2. The summed E-state index contributed by atoms with van der Waals surface area (Å²) in [5.41, 5.74) is 1.71. The normalized spacial score (nSPS) is 14.2. The van der Waals surface area contributed by atoms with Crippen LogP contribution >= 0.6 is 22.9 Å². The van der Waals surface area contributed by atoms with Crippen LogP contribution in [0.2, 0.25) is 4.34 Å². The number of thiophene rings is 1. The van der Waals surface area contributed by atoms with E-state index in [0.717, 1.165) is 33.1 Å². The molecule has 0 saturated carbocycles. The van der Waals surface area contributed by atoms with Crippen LogP contribution in [0, 0.1) is 5.92 Å². The summed E-state index contributed by atoms with van der Waals surface area (Å²) in [6.07, 6.45) is 0.823. The molecule has 1 amide bonds. The minimum Gasteiger partial charge on any atom is -0.345 e. The molecule has 0 aliphatic carbocycles. The standard InChI is InChI=1S/C19H23ClN4O3S2/c1-4-12(2)18(19-21-13-7-5-6-8-14(13)22-19)23-16(25)11-24(3)29(26,27)17-10-9-15(20)28-17/h5-10,12,18H,4,11H2,1-3H3,(H,21,22)(H,23,25). The SMILES string of the molecule is CCC(C)C(NC(=O)CN(C)S(=O)(=O)c1ccc(Cl)s1)c1nc2ccccc2[nH]1. The molecule has 7 nitrogen and oxygen atoms in total. The van der Waals surface area contributed by atoms with Crippen molar-refractivity contribution < 1.29 is 13.2 Å². The summed E-state index contributed by atoms with van der Waals surface area (Å²) < 4.78 is 26.8. The topological polar surface area (TPSA) is 95.2 Å². The lowest BCUT2D eigenvalue weighted by molar-refractivity contribution is -0.122. The van der Waals surface area contributed by atoms with Crippen LogP contribution in [0.4, 0.5) is 0 Å². The molecule has 2 heterocycles. The number of rotatable bonds is 8. The fraction of sp³-hybridized carbons (Fsp3) is 0.368. The van der Waals surface area contributed by atoms with E-state index in [1.165, 1.54) is 19.2 Å². The number of halogens is 1. The highest BCUT2D eigenvalue weighted by Gasteiger charge is 2.28. The zero-order valence-corrected chi connectivity index (χ0v) is 18.7. The molecule has 1 aromatic carbocycles. The van der Waals surface area contributed by atoms with Crippen LogP contribution in [-0.4, -0.2) is 42.2 Å². The second-order valence-corrected chi connectivity index (χ2v) is 10.9. The number of amides is 1. The Bertz CT molecular complexity index is 1080. The van der Waals surface area contributed by atoms with Gasteiger partial charge in [0.05, 0.1) is 28.0 Å². The number of H-pyrrole nitrogens is 1. The van der Waals surface area contributed by atoms with E-state index < -0.39 is 15.9 Å². The number of fused-ring (bicyclic) bond motifs is 1. The highest BCUT2D eigenvalue weighted by molar-refractivity contribution is 7.91. The molecule has 2 aromatic heterocycles. The molecular formula is C19H23ClN4O3S2. The van der Waals surface area contributed by atoms with Crippen LogP contribution in [0.3, 0.4) is 0 Å². The number of carbonyl (C=O) groups excluding carboxylic acids is 1. The summed E-state index contributed by atoms with van der Waals surface area (Å²) in [6, 6.07) is 10.2. The minimum absolute atomic E-state index is 0.105. The first-order valence-electron chi connectivity index (χ1n) is 9.18. The summed E-state index contributed by atoms with van der Waals surface area (Å²) in [6.45, 7) is 3.75. The van der Waals surface area contributed by atoms with E-state index in [2.05, 4.69) is 15.3 Å². The molecule has 10 heteroatoms. The highest BCUT2D eigenvalue weighted by atomic mass is 35.5. The van der Waals surface area contributed by atoms with Gasteiger partial charge in [0.1, 0.15) is 10.0 Å². The first-order valence-corrected chi connectivity index (χ1v) is 11.8. The van der Waals surface area contributed by atoms with Crippen molar-refractivity contribution >= 4 is 49.9 Å². The zero-order chi connectivity index (χ0) is 21.2. The van der Waals surface area contributed by atoms with Gasteiger partial charge in [-0.1, -0.05) is 44.0 Å². The Morgan fingerprint density at radius 1 is 1.31 bits per heavy atom. The summed E-state index contributed by atoms with van der Waals surface area (Å²) in [4.78, 5) is 20.5. The average Bonchev–Trinajstić information content (AvgIpc) is 3.31. The van der Waals surface area contributed by atoms with Crippen LogP contribution < -0.4 is 5.32 Å². The van der Waals surface area contributed by atoms with Gasteiger partial charge in [0.15, 0.2) is 0 Å². The Balaban J connectivity index is 1.76. The van der Waals surface area contributed by atoms with Gasteiger partial charge in [-0.25, -0.2) is 13.4 Å². The molecule has 0 aliphatic heterocycles. The molecule has 0 aliphatic rings. The summed E-state index contributed by atoms with van der Waals surface area (Å²) >= 11 is 6.80. The van der Waals surface area contributed by atoms with Gasteiger partial charge in [0, 0.05) is 7.05 Å². The maximum absolute atomic E-state index is 12.7. The quantitative estimate of drug-likeness (QED) is 0.541. The fourth-order valence-electron chi connectivity index (χ4n) is 2.93. The highest BCUT2D eigenvalue weighted by Crippen LogP contribution is 2.28. The molecule has 0 bridgehead atoms.